The van der Waals surface area contributed by atoms with Crippen LogP contribution in [0.15, 0.2) is 36.7 Å². The Morgan fingerprint density at radius 1 is 1.21 bits per heavy atom. The van der Waals surface area contributed by atoms with Crippen molar-refractivity contribution < 1.29 is 10.2 Å². The van der Waals surface area contributed by atoms with Gasteiger partial charge in [-0.25, -0.2) is 4.98 Å². The van der Waals surface area contributed by atoms with Crippen molar-refractivity contribution in [3.63, 3.8) is 0 Å². The standard InChI is InChI=1S/C14H17N3O2/c1-2-11(9-18)16-14-8-15-7-13(17-14)10-3-5-12(19)6-4-10/h3-8,11,18-19H,2,9H2,1H3,(H,16,17). The molecule has 1 aromatic carbocycles. The third-order valence-electron chi connectivity index (χ3n) is 2.86. The van der Waals surface area contributed by atoms with E-state index in [0.717, 1.165) is 17.7 Å². The van der Waals surface area contributed by atoms with Gasteiger partial charge < -0.3 is 15.5 Å². The molecule has 0 saturated carbocycles. The first-order valence-corrected chi connectivity index (χ1v) is 6.21. The van der Waals surface area contributed by atoms with Crippen molar-refractivity contribution in [1.82, 2.24) is 9.97 Å². The number of rotatable bonds is 5. The SMILES string of the molecule is CCC(CO)Nc1cncc(-c2ccc(O)cc2)n1. The topological polar surface area (TPSA) is 78.3 Å². The fraction of sp³-hybridized carbons (Fsp3) is 0.286. The van der Waals surface area contributed by atoms with Crippen molar-refractivity contribution in [3.05, 3.63) is 36.7 Å². The number of aliphatic hydroxyl groups excluding tert-OH is 1. The van der Waals surface area contributed by atoms with Crippen LogP contribution >= 0.6 is 0 Å². The molecule has 1 unspecified atom stereocenters. The molecular weight excluding hydrogens is 242 g/mol. The molecule has 100 valence electrons. The van der Waals surface area contributed by atoms with Gasteiger partial charge in [0.15, 0.2) is 0 Å². The molecule has 0 aliphatic rings. The molecular formula is C14H17N3O2. The number of aromatic nitrogens is 2. The number of phenolic OH excluding ortho intramolecular Hbond substituents is 1. The second-order valence-corrected chi connectivity index (χ2v) is 4.27. The summed E-state index contributed by atoms with van der Waals surface area (Å²) in [5.41, 5.74) is 1.60. The Labute approximate surface area is 112 Å². The number of hydrogen-bond acceptors (Lipinski definition) is 5. The van der Waals surface area contributed by atoms with Crippen molar-refractivity contribution in [2.75, 3.05) is 11.9 Å². The minimum Gasteiger partial charge on any atom is -0.508 e. The number of aromatic hydroxyl groups is 1. The van der Waals surface area contributed by atoms with Crippen molar-refractivity contribution >= 4 is 5.82 Å². The van der Waals surface area contributed by atoms with Gasteiger partial charge >= 0.3 is 0 Å². The Balaban J connectivity index is 2.21. The predicted octanol–water partition coefficient (Wildman–Crippen LogP) is 2.03. The van der Waals surface area contributed by atoms with Crippen molar-refractivity contribution in [3.8, 4) is 17.0 Å². The Kier molecular flexibility index (Phi) is 4.30. The summed E-state index contributed by atoms with van der Waals surface area (Å²) in [7, 11) is 0. The molecule has 2 rings (SSSR count). The molecule has 0 amide bonds. The lowest BCUT2D eigenvalue weighted by molar-refractivity contribution is 0.271. The lowest BCUT2D eigenvalue weighted by atomic mass is 10.1. The second-order valence-electron chi connectivity index (χ2n) is 4.27. The van der Waals surface area contributed by atoms with E-state index in [4.69, 9.17) is 5.11 Å². The number of hydrogen-bond donors (Lipinski definition) is 3. The average Bonchev–Trinajstić information content (AvgIpc) is 2.46. The molecule has 0 spiro atoms. The molecule has 3 N–H and O–H groups in total. The first-order chi connectivity index (χ1) is 9.22. The zero-order valence-electron chi connectivity index (χ0n) is 10.7. The van der Waals surface area contributed by atoms with Gasteiger partial charge in [-0.3, -0.25) is 4.98 Å². The van der Waals surface area contributed by atoms with E-state index in [1.54, 1.807) is 36.7 Å². The van der Waals surface area contributed by atoms with E-state index < -0.39 is 0 Å². The molecule has 0 aliphatic carbocycles. The van der Waals surface area contributed by atoms with Gasteiger partial charge in [-0.1, -0.05) is 6.92 Å². The number of aliphatic hydroxyl groups is 1. The van der Waals surface area contributed by atoms with Gasteiger partial charge in [0.2, 0.25) is 0 Å². The van der Waals surface area contributed by atoms with E-state index in [1.807, 2.05) is 6.92 Å². The zero-order chi connectivity index (χ0) is 13.7. The molecule has 0 radical (unpaired) electrons. The highest BCUT2D eigenvalue weighted by molar-refractivity contribution is 5.60. The summed E-state index contributed by atoms with van der Waals surface area (Å²) < 4.78 is 0. The van der Waals surface area contributed by atoms with Gasteiger partial charge in [0.1, 0.15) is 11.6 Å². The fourth-order valence-electron chi connectivity index (χ4n) is 1.69. The summed E-state index contributed by atoms with van der Waals surface area (Å²) in [6.07, 6.45) is 4.10. The molecule has 5 nitrogen and oxygen atoms in total. The number of anilines is 1. The van der Waals surface area contributed by atoms with Crippen LogP contribution in [0.1, 0.15) is 13.3 Å². The Morgan fingerprint density at radius 3 is 2.58 bits per heavy atom. The number of nitrogens with zero attached hydrogens (tertiary/aromatic N) is 2. The highest BCUT2D eigenvalue weighted by Gasteiger charge is 2.07. The van der Waals surface area contributed by atoms with Gasteiger partial charge in [0.25, 0.3) is 0 Å². The first-order valence-electron chi connectivity index (χ1n) is 6.21. The summed E-state index contributed by atoms with van der Waals surface area (Å²) in [6, 6.07) is 6.77. The van der Waals surface area contributed by atoms with Crippen LogP contribution < -0.4 is 5.32 Å². The Bertz CT molecular complexity index is 524. The average molecular weight is 259 g/mol. The largest absolute Gasteiger partial charge is 0.508 e. The molecule has 1 aromatic heterocycles. The van der Waals surface area contributed by atoms with Crippen LogP contribution in [0.2, 0.25) is 0 Å². The molecule has 0 fully saturated rings. The van der Waals surface area contributed by atoms with Gasteiger partial charge in [-0.2, -0.15) is 0 Å². The number of phenols is 1. The summed E-state index contributed by atoms with van der Waals surface area (Å²) in [6.45, 7) is 2.05. The third kappa shape index (κ3) is 3.42. The van der Waals surface area contributed by atoms with Crippen LogP contribution in [0.25, 0.3) is 11.3 Å². The monoisotopic (exact) mass is 259 g/mol. The highest BCUT2D eigenvalue weighted by atomic mass is 16.3. The minimum absolute atomic E-state index is 0.0237. The maximum atomic E-state index is 9.26. The molecule has 0 aliphatic heterocycles. The molecule has 0 bridgehead atoms. The molecule has 0 saturated heterocycles. The quantitative estimate of drug-likeness (QED) is 0.765. The number of nitrogens with one attached hydrogen (secondary N) is 1. The summed E-state index contributed by atoms with van der Waals surface area (Å²) in [5, 5.41) is 21.6. The lowest BCUT2D eigenvalue weighted by Crippen LogP contribution is -2.23. The Morgan fingerprint density at radius 2 is 1.95 bits per heavy atom. The maximum Gasteiger partial charge on any atom is 0.145 e. The van der Waals surface area contributed by atoms with E-state index in [9.17, 15) is 5.11 Å². The normalized spacial score (nSPS) is 12.1. The fourth-order valence-corrected chi connectivity index (χ4v) is 1.69. The molecule has 19 heavy (non-hydrogen) atoms. The lowest BCUT2D eigenvalue weighted by Gasteiger charge is -2.14. The molecule has 5 heteroatoms. The van der Waals surface area contributed by atoms with E-state index in [-0.39, 0.29) is 18.4 Å². The Hall–Kier alpha value is -2.14. The summed E-state index contributed by atoms with van der Waals surface area (Å²) >= 11 is 0. The molecule has 2 aromatic rings. The summed E-state index contributed by atoms with van der Waals surface area (Å²) in [4.78, 5) is 8.58. The summed E-state index contributed by atoms with van der Waals surface area (Å²) in [5.74, 6) is 0.851. The van der Waals surface area contributed by atoms with Crippen molar-refractivity contribution in [2.24, 2.45) is 0 Å². The second kappa shape index (κ2) is 6.15. The van der Waals surface area contributed by atoms with Crippen LogP contribution in [0, 0.1) is 0 Å². The maximum absolute atomic E-state index is 9.26. The van der Waals surface area contributed by atoms with Crippen LogP contribution in [-0.4, -0.2) is 32.8 Å². The van der Waals surface area contributed by atoms with Gasteiger partial charge in [0, 0.05) is 5.56 Å². The zero-order valence-corrected chi connectivity index (χ0v) is 10.7. The van der Waals surface area contributed by atoms with Crippen molar-refractivity contribution in [2.45, 2.75) is 19.4 Å². The van der Waals surface area contributed by atoms with E-state index in [1.165, 1.54) is 0 Å². The molecule has 1 heterocycles. The van der Waals surface area contributed by atoms with Gasteiger partial charge in [0.05, 0.1) is 30.7 Å². The third-order valence-corrected chi connectivity index (χ3v) is 2.86. The van der Waals surface area contributed by atoms with Gasteiger partial charge in [-0.15, -0.1) is 0 Å². The first kappa shape index (κ1) is 13.3. The number of benzene rings is 1. The van der Waals surface area contributed by atoms with Crippen LogP contribution in [0.3, 0.4) is 0 Å². The smallest absolute Gasteiger partial charge is 0.145 e. The van der Waals surface area contributed by atoms with Crippen molar-refractivity contribution in [1.29, 1.82) is 0 Å². The molecule has 1 atom stereocenters. The van der Waals surface area contributed by atoms with E-state index >= 15 is 0 Å². The minimum atomic E-state index is -0.0237. The highest BCUT2D eigenvalue weighted by Crippen LogP contribution is 2.20. The van der Waals surface area contributed by atoms with Crippen LogP contribution in [0.4, 0.5) is 5.82 Å². The van der Waals surface area contributed by atoms with Gasteiger partial charge in [-0.05, 0) is 30.7 Å². The van der Waals surface area contributed by atoms with E-state index in [0.29, 0.717) is 5.82 Å². The van der Waals surface area contributed by atoms with Crippen LogP contribution in [-0.2, 0) is 0 Å². The van der Waals surface area contributed by atoms with Crippen LogP contribution in [0.5, 0.6) is 5.75 Å². The predicted molar refractivity (Wildman–Crippen MR) is 73.9 cm³/mol. The van der Waals surface area contributed by atoms with E-state index in [2.05, 4.69) is 15.3 Å².